The maximum atomic E-state index is 12.5. The average molecular weight is 1060 g/mol. The van der Waals surface area contributed by atoms with Crippen molar-refractivity contribution in [2.24, 2.45) is 0 Å². The van der Waals surface area contributed by atoms with Gasteiger partial charge in [-0.25, -0.2) is 0 Å². The molecule has 5 aliphatic rings. The Morgan fingerprint density at radius 2 is 0.958 bits per heavy atom. The Balaban J connectivity index is 1.29. The number of aliphatic hydroxyl groups excluding tert-OH is 18. The van der Waals surface area contributed by atoms with Crippen molar-refractivity contribution < 1.29 is 149 Å². The standard InChI is InChI=1S/C40H70N2O30/c1-10-20(49)26(55)30(59)37(66-10)63-7-14(48)34(21(50)13(4-43)41-11(2)46)71-36-19(42-12(3)47)25(54)35(16(6-45)68-36)72-40-33(62)29(58)24(53)18(70-40)9-65-39-32(61)28(57)23(52)17(69-39)8-64-38-31(60)27(56)22(51)15(5-44)67-38/h10,13-40,43-45,48-62H,4-9H2,1-3H3,(H,41,46)(H,42,47)/t10-,13-,14+,15+,16+,17+,18+,19+,20+,21+,22+,23+,24+,25+,26+,27-,28-,29-,30-,31-,32-,33-,34+,35+,36?,37?,38?,39?,40?/m0/s1. The van der Waals surface area contributed by atoms with Gasteiger partial charge >= 0.3 is 0 Å². The van der Waals surface area contributed by atoms with Gasteiger partial charge in [-0.2, -0.15) is 0 Å². The maximum absolute atomic E-state index is 12.5. The molecule has 0 saturated carbocycles. The molecule has 420 valence electrons. The van der Waals surface area contributed by atoms with E-state index in [1.807, 2.05) is 0 Å². The summed E-state index contributed by atoms with van der Waals surface area (Å²) in [5, 5.41) is 195. The number of nitrogens with one attached hydrogen (secondary N) is 2. The molecule has 2 amide bonds. The second-order valence-electron chi connectivity index (χ2n) is 18.1. The van der Waals surface area contributed by atoms with E-state index in [1.54, 1.807) is 0 Å². The lowest BCUT2D eigenvalue weighted by Crippen LogP contribution is -2.69. The molecule has 32 heteroatoms. The van der Waals surface area contributed by atoms with Crippen LogP contribution in [0, 0.1) is 0 Å². The third-order valence-electron chi connectivity index (χ3n) is 12.8. The minimum atomic E-state index is -2.15. The Morgan fingerprint density at radius 3 is 1.44 bits per heavy atom. The first-order valence-electron chi connectivity index (χ1n) is 22.9. The average Bonchev–Trinajstić information content (AvgIpc) is 3.34. The van der Waals surface area contributed by atoms with Crippen molar-refractivity contribution in [2.75, 3.05) is 39.6 Å². The van der Waals surface area contributed by atoms with Crippen LogP contribution in [0.15, 0.2) is 0 Å². The van der Waals surface area contributed by atoms with E-state index in [4.69, 9.17) is 47.4 Å². The molecule has 20 N–H and O–H groups in total. The van der Waals surface area contributed by atoms with Crippen molar-refractivity contribution in [3.63, 3.8) is 0 Å². The highest BCUT2D eigenvalue weighted by molar-refractivity contribution is 5.73. The molecule has 0 radical (unpaired) electrons. The van der Waals surface area contributed by atoms with E-state index in [9.17, 15) is 102 Å². The molecule has 5 aliphatic heterocycles. The largest absolute Gasteiger partial charge is 0.394 e. The fraction of sp³-hybridized carbons (Fsp3) is 0.950. The Hall–Kier alpha value is -2.18. The lowest BCUT2D eigenvalue weighted by Gasteiger charge is -2.48. The topological polar surface area (TPSA) is 515 Å². The Kier molecular flexibility index (Phi) is 22.5. The second kappa shape index (κ2) is 26.7. The van der Waals surface area contributed by atoms with Crippen molar-refractivity contribution in [1.82, 2.24) is 10.6 Å². The molecule has 0 aliphatic carbocycles. The van der Waals surface area contributed by atoms with Crippen LogP contribution < -0.4 is 10.6 Å². The summed E-state index contributed by atoms with van der Waals surface area (Å²) in [5.41, 5.74) is 0. The highest BCUT2D eigenvalue weighted by atomic mass is 16.8. The van der Waals surface area contributed by atoms with Crippen molar-refractivity contribution in [3.05, 3.63) is 0 Å². The molecule has 0 bridgehead atoms. The van der Waals surface area contributed by atoms with Crippen LogP contribution in [0.3, 0.4) is 0 Å². The molecule has 72 heavy (non-hydrogen) atoms. The van der Waals surface area contributed by atoms with Gasteiger partial charge in [-0.1, -0.05) is 0 Å². The summed E-state index contributed by atoms with van der Waals surface area (Å²) in [7, 11) is 0. The van der Waals surface area contributed by atoms with Crippen LogP contribution in [-0.2, 0) is 57.0 Å². The third kappa shape index (κ3) is 14.0. The molecule has 0 aromatic carbocycles. The monoisotopic (exact) mass is 1060 g/mol. The Labute approximate surface area is 409 Å². The maximum Gasteiger partial charge on any atom is 0.217 e. The van der Waals surface area contributed by atoms with Crippen LogP contribution >= 0.6 is 0 Å². The molecular weight excluding hydrogens is 988 g/mol. The van der Waals surface area contributed by atoms with Gasteiger partial charge in [0.25, 0.3) is 0 Å². The summed E-state index contributed by atoms with van der Waals surface area (Å²) < 4.78 is 55.9. The molecule has 29 atom stereocenters. The number of aliphatic hydroxyl groups is 18. The van der Waals surface area contributed by atoms with Gasteiger partial charge in [0.05, 0.1) is 51.8 Å². The highest BCUT2D eigenvalue weighted by Gasteiger charge is 2.54. The first-order valence-corrected chi connectivity index (χ1v) is 22.9. The van der Waals surface area contributed by atoms with Crippen molar-refractivity contribution >= 4 is 11.8 Å². The molecular formula is C40H70N2O30. The molecule has 5 heterocycles. The quantitative estimate of drug-likeness (QED) is 0.0507. The zero-order valence-electron chi connectivity index (χ0n) is 38.9. The number of hydrogen-bond donors (Lipinski definition) is 20. The Bertz CT molecular complexity index is 1680. The van der Waals surface area contributed by atoms with Crippen molar-refractivity contribution in [2.45, 2.75) is 199 Å². The van der Waals surface area contributed by atoms with Gasteiger partial charge in [0.1, 0.15) is 134 Å². The lowest BCUT2D eigenvalue weighted by molar-refractivity contribution is -0.363. The number of hydrogen-bond acceptors (Lipinski definition) is 30. The summed E-state index contributed by atoms with van der Waals surface area (Å²) in [6.07, 6.45) is -49.5. The summed E-state index contributed by atoms with van der Waals surface area (Å²) in [4.78, 5) is 24.5. The number of ether oxygens (including phenoxy) is 10. The molecule has 5 unspecified atom stereocenters. The van der Waals surface area contributed by atoms with Crippen molar-refractivity contribution in [3.8, 4) is 0 Å². The summed E-state index contributed by atoms with van der Waals surface area (Å²) in [5.74, 6) is -1.62. The second-order valence-corrected chi connectivity index (χ2v) is 18.1. The van der Waals surface area contributed by atoms with Gasteiger partial charge in [-0.15, -0.1) is 0 Å². The summed E-state index contributed by atoms with van der Waals surface area (Å²) >= 11 is 0. The minimum absolute atomic E-state index is 0.727. The van der Waals surface area contributed by atoms with E-state index in [2.05, 4.69) is 10.6 Å². The highest BCUT2D eigenvalue weighted by Crippen LogP contribution is 2.33. The molecule has 5 rings (SSSR count). The SMILES string of the molecule is CC(=O)N[C@@H](CO)[C@@H](O)[C@H](OC1O[C@H](CO)[C@@H](OC2O[C@H](COC3O[C@H](COC4O[C@H](CO)[C@@H](O)[C@H](O)[C@@H]4O)[C@@H](O)[C@H](O)[C@@H]3O)[C@@H](O)[C@H](O)[C@@H]2O)[C@H](O)[C@H]1NC(C)=O)[C@H](O)COC1O[C@@H](C)[C@@H](O)[C@@H](O)[C@@H]1O. The van der Waals surface area contributed by atoms with Gasteiger partial charge < -0.3 is 150 Å². The molecule has 0 aromatic heterocycles. The predicted molar refractivity (Wildman–Crippen MR) is 223 cm³/mol. The number of carbonyl (C=O) groups excluding carboxylic acids is 2. The zero-order chi connectivity index (χ0) is 53.6. The van der Waals surface area contributed by atoms with E-state index < -0.39 is 229 Å². The van der Waals surface area contributed by atoms with Crippen LogP contribution in [0.4, 0.5) is 0 Å². The predicted octanol–water partition coefficient (Wildman–Crippen LogP) is -13.1. The van der Waals surface area contributed by atoms with E-state index in [1.165, 1.54) is 6.92 Å². The normalized spacial score (nSPS) is 45.7. The van der Waals surface area contributed by atoms with E-state index in [0.29, 0.717) is 0 Å². The third-order valence-corrected chi connectivity index (χ3v) is 12.8. The van der Waals surface area contributed by atoms with Gasteiger partial charge in [-0.3, -0.25) is 9.59 Å². The molecule has 0 aromatic rings. The first-order chi connectivity index (χ1) is 33.9. The van der Waals surface area contributed by atoms with Gasteiger partial charge in [-0.05, 0) is 6.92 Å². The van der Waals surface area contributed by atoms with Crippen LogP contribution in [0.2, 0.25) is 0 Å². The van der Waals surface area contributed by atoms with Crippen LogP contribution in [0.25, 0.3) is 0 Å². The molecule has 5 fully saturated rings. The Morgan fingerprint density at radius 1 is 0.514 bits per heavy atom. The smallest absolute Gasteiger partial charge is 0.217 e. The molecule has 5 saturated heterocycles. The van der Waals surface area contributed by atoms with Gasteiger partial charge in [0, 0.05) is 13.8 Å². The zero-order valence-corrected chi connectivity index (χ0v) is 38.9. The molecule has 32 nitrogen and oxygen atoms in total. The van der Waals surface area contributed by atoms with E-state index >= 15 is 0 Å². The van der Waals surface area contributed by atoms with Gasteiger partial charge in [0.15, 0.2) is 31.5 Å². The van der Waals surface area contributed by atoms with Gasteiger partial charge in [0.2, 0.25) is 11.8 Å². The fourth-order valence-electron chi connectivity index (χ4n) is 8.56. The number of rotatable bonds is 21. The van der Waals surface area contributed by atoms with Crippen molar-refractivity contribution in [1.29, 1.82) is 0 Å². The van der Waals surface area contributed by atoms with E-state index in [0.717, 1.165) is 13.8 Å². The summed E-state index contributed by atoms with van der Waals surface area (Å²) in [6.45, 7) is -1.93. The minimum Gasteiger partial charge on any atom is -0.394 e. The van der Waals surface area contributed by atoms with Crippen LogP contribution in [-0.4, -0.2) is 321 Å². The van der Waals surface area contributed by atoms with Crippen LogP contribution in [0.5, 0.6) is 0 Å². The van der Waals surface area contributed by atoms with E-state index in [-0.39, 0.29) is 0 Å². The summed E-state index contributed by atoms with van der Waals surface area (Å²) in [6, 6.07) is -3.38. The van der Waals surface area contributed by atoms with Crippen LogP contribution in [0.1, 0.15) is 20.8 Å². The number of carbonyl (C=O) groups is 2. The first kappa shape index (κ1) is 60.7. The lowest BCUT2D eigenvalue weighted by atomic mass is 9.94. The fourth-order valence-corrected chi connectivity index (χ4v) is 8.56. The number of amides is 2. The molecule has 0 spiro atoms.